The van der Waals surface area contributed by atoms with Gasteiger partial charge >= 0.3 is 0 Å². The van der Waals surface area contributed by atoms with Gasteiger partial charge in [-0.25, -0.2) is 0 Å². The van der Waals surface area contributed by atoms with Crippen LogP contribution in [0.25, 0.3) is 22.3 Å². The molecule has 1 aliphatic heterocycles. The zero-order valence-electron chi connectivity index (χ0n) is 24.5. The standard InChI is InChI=1S/C35H40N2O2/c1-21(2)36-32-14-10-27(30-12-9-26(20-38)15-23(30)5)18-33(32)37(22(3)4)35-25(7)16-28(19-34(35)36)31-13-11-29(39-8)17-24(31)6/h9-19,21-22,38H,20H2,1-8H3. The summed E-state index contributed by atoms with van der Waals surface area (Å²) in [6, 6.07) is 24.7. The van der Waals surface area contributed by atoms with E-state index in [0.717, 1.165) is 11.3 Å². The molecule has 0 fully saturated rings. The van der Waals surface area contributed by atoms with Crippen LogP contribution in [0.3, 0.4) is 0 Å². The van der Waals surface area contributed by atoms with E-state index < -0.39 is 0 Å². The molecule has 4 heteroatoms. The first-order chi connectivity index (χ1) is 18.6. The minimum atomic E-state index is 0.0594. The highest BCUT2D eigenvalue weighted by atomic mass is 16.5. The molecule has 0 aromatic heterocycles. The average molecular weight is 521 g/mol. The summed E-state index contributed by atoms with van der Waals surface area (Å²) < 4.78 is 5.46. The lowest BCUT2D eigenvalue weighted by Crippen LogP contribution is -2.37. The molecule has 4 aromatic rings. The molecule has 4 nitrogen and oxygen atoms in total. The number of aliphatic hydroxyl groups excluding tert-OH is 1. The van der Waals surface area contributed by atoms with E-state index in [1.165, 1.54) is 61.7 Å². The maximum Gasteiger partial charge on any atom is 0.119 e. The number of ether oxygens (including phenoxy) is 1. The van der Waals surface area contributed by atoms with Gasteiger partial charge in [-0.1, -0.05) is 30.3 Å². The zero-order chi connectivity index (χ0) is 28.0. The fourth-order valence-electron chi connectivity index (χ4n) is 6.08. The Hall–Kier alpha value is -3.76. The molecular weight excluding hydrogens is 480 g/mol. The number of aliphatic hydroxyl groups is 1. The fourth-order valence-corrected chi connectivity index (χ4v) is 6.08. The molecule has 0 saturated heterocycles. The minimum Gasteiger partial charge on any atom is -0.497 e. The average Bonchev–Trinajstić information content (AvgIpc) is 2.90. The topological polar surface area (TPSA) is 35.9 Å². The van der Waals surface area contributed by atoms with Gasteiger partial charge in [0.1, 0.15) is 5.75 Å². The number of nitrogens with zero attached hydrogens (tertiary/aromatic N) is 2. The van der Waals surface area contributed by atoms with Crippen LogP contribution in [0.1, 0.15) is 49.9 Å². The predicted octanol–water partition coefficient (Wildman–Crippen LogP) is 8.85. The van der Waals surface area contributed by atoms with Crippen LogP contribution in [0.5, 0.6) is 5.75 Å². The molecule has 39 heavy (non-hydrogen) atoms. The van der Waals surface area contributed by atoms with E-state index in [0.29, 0.717) is 0 Å². The lowest BCUT2D eigenvalue weighted by molar-refractivity contribution is 0.282. The summed E-state index contributed by atoms with van der Waals surface area (Å²) in [6.45, 7) is 15.7. The number of hydrogen-bond acceptors (Lipinski definition) is 4. The van der Waals surface area contributed by atoms with Crippen molar-refractivity contribution in [3.8, 4) is 28.0 Å². The number of aryl methyl sites for hydroxylation is 3. The SMILES string of the molecule is COc1ccc(-c2cc(C)c3c(c2)N(C(C)C)c2ccc(-c4ccc(CO)cc4C)cc2N3C(C)C)c(C)c1. The van der Waals surface area contributed by atoms with Gasteiger partial charge in [-0.3, -0.25) is 0 Å². The second kappa shape index (κ2) is 10.4. The van der Waals surface area contributed by atoms with E-state index in [9.17, 15) is 5.11 Å². The molecule has 1 heterocycles. The Morgan fingerprint density at radius 3 is 1.90 bits per heavy atom. The smallest absolute Gasteiger partial charge is 0.119 e. The molecule has 0 aliphatic carbocycles. The third-order valence-corrected chi connectivity index (χ3v) is 7.84. The van der Waals surface area contributed by atoms with Crippen LogP contribution in [0, 0.1) is 20.8 Å². The van der Waals surface area contributed by atoms with Crippen LogP contribution in [-0.4, -0.2) is 24.3 Å². The van der Waals surface area contributed by atoms with Crippen molar-refractivity contribution >= 4 is 22.7 Å². The highest BCUT2D eigenvalue weighted by Crippen LogP contribution is 2.53. The molecule has 0 amide bonds. The molecule has 4 aromatic carbocycles. The van der Waals surface area contributed by atoms with Crippen LogP contribution in [0.15, 0.2) is 66.7 Å². The Balaban J connectivity index is 1.71. The van der Waals surface area contributed by atoms with Gasteiger partial charge in [0.25, 0.3) is 0 Å². The Morgan fingerprint density at radius 1 is 0.641 bits per heavy atom. The van der Waals surface area contributed by atoms with Crippen LogP contribution in [-0.2, 0) is 6.61 Å². The first-order valence-electron chi connectivity index (χ1n) is 13.9. The predicted molar refractivity (Wildman–Crippen MR) is 165 cm³/mol. The van der Waals surface area contributed by atoms with Crippen LogP contribution in [0.2, 0.25) is 0 Å². The van der Waals surface area contributed by atoms with Gasteiger partial charge in [-0.05, 0) is 129 Å². The normalized spacial score (nSPS) is 12.7. The van der Waals surface area contributed by atoms with E-state index in [1.807, 2.05) is 12.1 Å². The lowest BCUT2D eigenvalue weighted by Gasteiger charge is -2.45. The maximum atomic E-state index is 9.59. The molecule has 1 aliphatic rings. The number of benzene rings is 4. The summed E-state index contributed by atoms with van der Waals surface area (Å²) in [7, 11) is 1.72. The highest BCUT2D eigenvalue weighted by Gasteiger charge is 2.33. The van der Waals surface area contributed by atoms with Gasteiger partial charge in [-0.2, -0.15) is 0 Å². The van der Waals surface area contributed by atoms with Crippen LogP contribution in [0.4, 0.5) is 22.7 Å². The van der Waals surface area contributed by atoms with E-state index in [2.05, 4.69) is 113 Å². The molecule has 0 spiro atoms. The van der Waals surface area contributed by atoms with Gasteiger partial charge < -0.3 is 19.6 Å². The van der Waals surface area contributed by atoms with Gasteiger partial charge in [0.2, 0.25) is 0 Å². The van der Waals surface area contributed by atoms with Gasteiger partial charge in [-0.15, -0.1) is 0 Å². The second-order valence-corrected chi connectivity index (χ2v) is 11.3. The number of rotatable bonds is 6. The molecule has 202 valence electrons. The Bertz CT molecular complexity index is 1540. The van der Waals surface area contributed by atoms with E-state index >= 15 is 0 Å². The summed E-state index contributed by atoms with van der Waals surface area (Å²) in [5.41, 5.74) is 14.4. The summed E-state index contributed by atoms with van der Waals surface area (Å²) >= 11 is 0. The van der Waals surface area contributed by atoms with E-state index in [4.69, 9.17) is 4.74 Å². The van der Waals surface area contributed by atoms with Crippen molar-refractivity contribution in [1.29, 1.82) is 0 Å². The summed E-state index contributed by atoms with van der Waals surface area (Å²) in [6.07, 6.45) is 0. The fraction of sp³-hybridized carbons (Fsp3) is 0.314. The minimum absolute atomic E-state index is 0.0594. The van der Waals surface area contributed by atoms with Crippen LogP contribution < -0.4 is 14.5 Å². The zero-order valence-corrected chi connectivity index (χ0v) is 24.5. The molecule has 1 N–H and O–H groups in total. The molecule has 0 unspecified atom stereocenters. The summed E-state index contributed by atoms with van der Waals surface area (Å²) in [5, 5.41) is 9.59. The Labute approximate surface area is 233 Å². The highest BCUT2D eigenvalue weighted by molar-refractivity contribution is 5.98. The Kier molecular flexibility index (Phi) is 7.17. The molecule has 0 atom stereocenters. The summed E-state index contributed by atoms with van der Waals surface area (Å²) in [5.74, 6) is 0.881. The maximum absolute atomic E-state index is 9.59. The van der Waals surface area contributed by atoms with Crippen molar-refractivity contribution in [2.75, 3.05) is 16.9 Å². The van der Waals surface area contributed by atoms with Crippen molar-refractivity contribution in [3.63, 3.8) is 0 Å². The lowest BCUT2D eigenvalue weighted by atomic mass is 9.92. The first-order valence-corrected chi connectivity index (χ1v) is 13.9. The molecule has 0 radical (unpaired) electrons. The number of anilines is 4. The van der Waals surface area contributed by atoms with Gasteiger partial charge in [0.05, 0.1) is 36.5 Å². The Morgan fingerprint density at radius 2 is 1.28 bits per heavy atom. The van der Waals surface area contributed by atoms with E-state index in [-0.39, 0.29) is 18.7 Å². The van der Waals surface area contributed by atoms with Gasteiger partial charge in [0.15, 0.2) is 0 Å². The molecule has 0 bridgehead atoms. The van der Waals surface area contributed by atoms with Crippen LogP contribution >= 0.6 is 0 Å². The van der Waals surface area contributed by atoms with Gasteiger partial charge in [0, 0.05) is 12.1 Å². The van der Waals surface area contributed by atoms with Crippen molar-refractivity contribution in [3.05, 3.63) is 89.0 Å². The third-order valence-electron chi connectivity index (χ3n) is 7.84. The monoisotopic (exact) mass is 520 g/mol. The summed E-state index contributed by atoms with van der Waals surface area (Å²) in [4.78, 5) is 4.99. The molecule has 0 saturated carbocycles. The third kappa shape index (κ3) is 4.68. The van der Waals surface area contributed by atoms with Crippen molar-refractivity contribution < 1.29 is 9.84 Å². The molecular formula is C35H40N2O2. The van der Waals surface area contributed by atoms with Crippen molar-refractivity contribution in [2.24, 2.45) is 0 Å². The van der Waals surface area contributed by atoms with Crippen molar-refractivity contribution in [2.45, 2.75) is 67.2 Å². The van der Waals surface area contributed by atoms with E-state index in [1.54, 1.807) is 7.11 Å². The largest absolute Gasteiger partial charge is 0.497 e. The quantitative estimate of drug-likeness (QED) is 0.275. The number of fused-ring (bicyclic) bond motifs is 2. The number of hydrogen-bond donors (Lipinski definition) is 1. The van der Waals surface area contributed by atoms with Crippen molar-refractivity contribution in [1.82, 2.24) is 0 Å². The first kappa shape index (κ1) is 26.8. The second-order valence-electron chi connectivity index (χ2n) is 11.3. The number of methoxy groups -OCH3 is 1. The molecule has 5 rings (SSSR count).